The fourth-order valence-corrected chi connectivity index (χ4v) is 1.84. The van der Waals surface area contributed by atoms with Crippen molar-refractivity contribution in [3.05, 3.63) is 23.3 Å². The highest BCUT2D eigenvalue weighted by Gasteiger charge is 2.12. The summed E-state index contributed by atoms with van der Waals surface area (Å²) >= 11 is 0. The molecule has 1 rings (SSSR count). The van der Waals surface area contributed by atoms with Crippen LogP contribution in [0.25, 0.3) is 0 Å². The van der Waals surface area contributed by atoms with Gasteiger partial charge in [-0.05, 0) is 31.5 Å². The van der Waals surface area contributed by atoms with Gasteiger partial charge in [0.2, 0.25) is 0 Å². The fourth-order valence-electron chi connectivity index (χ4n) is 1.84. The van der Waals surface area contributed by atoms with Crippen LogP contribution in [0.15, 0.2) is 12.1 Å². The number of benzene rings is 1. The van der Waals surface area contributed by atoms with Crippen molar-refractivity contribution in [2.24, 2.45) is 5.73 Å². The lowest BCUT2D eigenvalue weighted by molar-refractivity contribution is 0.394. The summed E-state index contributed by atoms with van der Waals surface area (Å²) in [5.74, 6) is 1.82. The second kappa shape index (κ2) is 5.61. The minimum atomic E-state index is 0.622. The van der Waals surface area contributed by atoms with Gasteiger partial charge >= 0.3 is 0 Å². The predicted octanol–water partition coefficient (Wildman–Crippen LogP) is 1.77. The zero-order chi connectivity index (χ0) is 11.3. The average molecular weight is 209 g/mol. The van der Waals surface area contributed by atoms with E-state index in [1.165, 1.54) is 11.1 Å². The van der Waals surface area contributed by atoms with Crippen LogP contribution in [0.3, 0.4) is 0 Å². The van der Waals surface area contributed by atoms with Gasteiger partial charge in [-0.3, -0.25) is 0 Å². The van der Waals surface area contributed by atoms with Gasteiger partial charge < -0.3 is 15.2 Å². The number of ether oxygens (including phenoxy) is 2. The molecule has 0 radical (unpaired) electrons. The van der Waals surface area contributed by atoms with E-state index in [-0.39, 0.29) is 0 Å². The van der Waals surface area contributed by atoms with Crippen LogP contribution in [0, 0.1) is 0 Å². The van der Waals surface area contributed by atoms with E-state index in [0.29, 0.717) is 6.54 Å². The first-order valence-electron chi connectivity index (χ1n) is 5.21. The summed E-state index contributed by atoms with van der Waals surface area (Å²) in [5, 5.41) is 0. The second-order valence-electron chi connectivity index (χ2n) is 3.32. The minimum Gasteiger partial charge on any atom is -0.496 e. The van der Waals surface area contributed by atoms with Gasteiger partial charge in [0.25, 0.3) is 0 Å². The van der Waals surface area contributed by atoms with Crippen LogP contribution in [-0.4, -0.2) is 20.8 Å². The van der Waals surface area contributed by atoms with Crippen LogP contribution >= 0.6 is 0 Å². The van der Waals surface area contributed by atoms with E-state index < -0.39 is 0 Å². The monoisotopic (exact) mass is 209 g/mol. The molecule has 84 valence electrons. The molecular formula is C12H19NO2. The van der Waals surface area contributed by atoms with Gasteiger partial charge in [0.05, 0.1) is 14.2 Å². The summed E-state index contributed by atoms with van der Waals surface area (Å²) in [5.41, 5.74) is 7.97. The third-order valence-corrected chi connectivity index (χ3v) is 2.53. The highest BCUT2D eigenvalue weighted by Crippen LogP contribution is 2.30. The van der Waals surface area contributed by atoms with E-state index in [1.54, 1.807) is 14.2 Å². The van der Waals surface area contributed by atoms with Gasteiger partial charge in [-0.2, -0.15) is 0 Å². The van der Waals surface area contributed by atoms with E-state index in [9.17, 15) is 0 Å². The zero-order valence-corrected chi connectivity index (χ0v) is 9.67. The van der Waals surface area contributed by atoms with Crippen molar-refractivity contribution in [3.63, 3.8) is 0 Å². The predicted molar refractivity (Wildman–Crippen MR) is 61.7 cm³/mol. The summed E-state index contributed by atoms with van der Waals surface area (Å²) in [4.78, 5) is 0. The quantitative estimate of drug-likeness (QED) is 0.803. The molecule has 3 nitrogen and oxygen atoms in total. The maximum atomic E-state index is 5.60. The van der Waals surface area contributed by atoms with Crippen molar-refractivity contribution in [1.29, 1.82) is 0 Å². The summed E-state index contributed by atoms with van der Waals surface area (Å²) < 4.78 is 10.7. The Kier molecular flexibility index (Phi) is 4.43. The smallest absolute Gasteiger partial charge is 0.122 e. The van der Waals surface area contributed by atoms with Crippen molar-refractivity contribution in [2.45, 2.75) is 19.8 Å². The molecular weight excluding hydrogens is 190 g/mol. The SMILES string of the molecule is CCc1c(OC)ccc(OC)c1CCN. The maximum Gasteiger partial charge on any atom is 0.122 e. The third-order valence-electron chi connectivity index (χ3n) is 2.53. The number of hydrogen-bond donors (Lipinski definition) is 1. The molecule has 0 aromatic heterocycles. The largest absolute Gasteiger partial charge is 0.496 e. The van der Waals surface area contributed by atoms with Crippen molar-refractivity contribution in [2.75, 3.05) is 20.8 Å². The van der Waals surface area contributed by atoms with Gasteiger partial charge in [0, 0.05) is 11.1 Å². The third kappa shape index (κ3) is 2.42. The van der Waals surface area contributed by atoms with Crippen LogP contribution in [0.5, 0.6) is 11.5 Å². The molecule has 0 saturated heterocycles. The lowest BCUT2D eigenvalue weighted by Gasteiger charge is -2.15. The topological polar surface area (TPSA) is 44.5 Å². The highest BCUT2D eigenvalue weighted by atomic mass is 16.5. The van der Waals surface area contributed by atoms with Crippen molar-refractivity contribution >= 4 is 0 Å². The van der Waals surface area contributed by atoms with Crippen molar-refractivity contribution in [1.82, 2.24) is 0 Å². The molecule has 0 fully saturated rings. The maximum absolute atomic E-state index is 5.60. The Morgan fingerprint density at radius 3 is 2.00 bits per heavy atom. The molecule has 15 heavy (non-hydrogen) atoms. The molecule has 0 aliphatic rings. The summed E-state index contributed by atoms with van der Waals surface area (Å²) in [6.45, 7) is 2.73. The molecule has 0 bridgehead atoms. The Hall–Kier alpha value is -1.22. The Balaban J connectivity index is 3.24. The Bertz CT molecular complexity index is 324. The highest BCUT2D eigenvalue weighted by molar-refractivity contribution is 5.49. The van der Waals surface area contributed by atoms with Crippen LogP contribution < -0.4 is 15.2 Å². The molecule has 0 saturated carbocycles. The molecule has 0 aliphatic heterocycles. The van der Waals surface area contributed by atoms with Gasteiger partial charge in [0.15, 0.2) is 0 Å². The zero-order valence-electron chi connectivity index (χ0n) is 9.67. The first kappa shape index (κ1) is 11.9. The van der Waals surface area contributed by atoms with E-state index >= 15 is 0 Å². The first-order chi connectivity index (χ1) is 7.28. The Labute approximate surface area is 91.2 Å². The average Bonchev–Trinajstić information content (AvgIpc) is 2.28. The van der Waals surface area contributed by atoms with Gasteiger partial charge in [-0.1, -0.05) is 6.92 Å². The number of rotatable bonds is 5. The van der Waals surface area contributed by atoms with Crippen molar-refractivity contribution in [3.8, 4) is 11.5 Å². The second-order valence-corrected chi connectivity index (χ2v) is 3.32. The Morgan fingerprint density at radius 1 is 1.07 bits per heavy atom. The van der Waals surface area contributed by atoms with E-state index in [1.807, 2.05) is 12.1 Å². The summed E-state index contributed by atoms with van der Waals surface area (Å²) in [6.07, 6.45) is 1.75. The van der Waals surface area contributed by atoms with E-state index in [0.717, 1.165) is 24.3 Å². The molecule has 0 aliphatic carbocycles. The lowest BCUT2D eigenvalue weighted by atomic mass is 10.00. The lowest BCUT2D eigenvalue weighted by Crippen LogP contribution is -2.08. The van der Waals surface area contributed by atoms with Crippen LogP contribution in [-0.2, 0) is 12.8 Å². The molecule has 3 heteroatoms. The van der Waals surface area contributed by atoms with Crippen molar-refractivity contribution < 1.29 is 9.47 Å². The molecule has 0 unspecified atom stereocenters. The first-order valence-corrected chi connectivity index (χ1v) is 5.21. The molecule has 1 aromatic rings. The standard InChI is InChI=1S/C12H19NO2/c1-4-9-10(7-8-13)12(15-3)6-5-11(9)14-2/h5-6H,4,7-8,13H2,1-3H3. The number of hydrogen-bond acceptors (Lipinski definition) is 3. The molecule has 0 heterocycles. The molecule has 0 spiro atoms. The number of methoxy groups -OCH3 is 2. The minimum absolute atomic E-state index is 0.622. The Morgan fingerprint density at radius 2 is 1.60 bits per heavy atom. The van der Waals surface area contributed by atoms with Crippen LogP contribution in [0.4, 0.5) is 0 Å². The fraction of sp³-hybridized carbons (Fsp3) is 0.500. The molecule has 1 aromatic carbocycles. The van der Waals surface area contributed by atoms with Gasteiger partial charge in [-0.15, -0.1) is 0 Å². The van der Waals surface area contributed by atoms with E-state index in [4.69, 9.17) is 15.2 Å². The molecule has 0 amide bonds. The van der Waals surface area contributed by atoms with Gasteiger partial charge in [-0.25, -0.2) is 0 Å². The van der Waals surface area contributed by atoms with Crippen LogP contribution in [0.1, 0.15) is 18.1 Å². The van der Waals surface area contributed by atoms with Crippen LogP contribution in [0.2, 0.25) is 0 Å². The number of nitrogens with two attached hydrogens (primary N) is 1. The van der Waals surface area contributed by atoms with Gasteiger partial charge in [0.1, 0.15) is 11.5 Å². The normalized spacial score (nSPS) is 10.1. The molecule has 2 N–H and O–H groups in total. The van der Waals surface area contributed by atoms with E-state index in [2.05, 4.69) is 6.92 Å². The summed E-state index contributed by atoms with van der Waals surface area (Å²) in [7, 11) is 3.37. The molecule has 0 atom stereocenters. The summed E-state index contributed by atoms with van der Waals surface area (Å²) in [6, 6.07) is 3.88.